The second-order valence-electron chi connectivity index (χ2n) is 4.74. The Morgan fingerprint density at radius 1 is 1.24 bits per heavy atom. The van der Waals surface area contributed by atoms with E-state index in [4.69, 9.17) is 16.2 Å². The molecule has 0 amide bonds. The third-order valence-electron chi connectivity index (χ3n) is 2.76. The van der Waals surface area contributed by atoms with Crippen LogP contribution in [0.25, 0.3) is 0 Å². The molecule has 0 saturated carbocycles. The van der Waals surface area contributed by atoms with Gasteiger partial charge in [0.05, 0.1) is 6.04 Å². The highest BCUT2D eigenvalue weighted by molar-refractivity contribution is 8.13. The molecule has 0 spiro atoms. The molecule has 1 aromatic rings. The van der Waals surface area contributed by atoms with Crippen LogP contribution in [-0.2, 0) is 20.7 Å². The Labute approximate surface area is 129 Å². The second kappa shape index (κ2) is 9.55. The van der Waals surface area contributed by atoms with E-state index in [0.29, 0.717) is 5.75 Å². The van der Waals surface area contributed by atoms with Gasteiger partial charge in [0.2, 0.25) is 5.12 Å². The van der Waals surface area contributed by atoms with E-state index in [1.54, 1.807) is 6.92 Å². The van der Waals surface area contributed by atoms with E-state index in [9.17, 15) is 9.59 Å². The fourth-order valence-corrected chi connectivity index (χ4v) is 2.55. The molecule has 0 bridgehead atoms. The second-order valence-corrected chi connectivity index (χ2v) is 5.84. The van der Waals surface area contributed by atoms with E-state index in [-0.39, 0.29) is 18.0 Å². The zero-order valence-electron chi connectivity index (χ0n) is 12.2. The van der Waals surface area contributed by atoms with Crippen molar-refractivity contribution in [3.05, 3.63) is 35.9 Å². The van der Waals surface area contributed by atoms with Crippen molar-refractivity contribution in [3.8, 4) is 0 Å². The van der Waals surface area contributed by atoms with Gasteiger partial charge < -0.3 is 10.5 Å². The van der Waals surface area contributed by atoms with Crippen LogP contribution in [0.15, 0.2) is 30.3 Å². The van der Waals surface area contributed by atoms with E-state index in [1.165, 1.54) is 17.3 Å². The van der Waals surface area contributed by atoms with Gasteiger partial charge in [-0.25, -0.2) is 0 Å². The highest BCUT2D eigenvalue weighted by atomic mass is 32.2. The number of hydrogen-bond donors (Lipinski definition) is 2. The van der Waals surface area contributed by atoms with E-state index >= 15 is 0 Å². The quantitative estimate of drug-likeness (QED) is 0.557. The van der Waals surface area contributed by atoms with Crippen LogP contribution in [-0.4, -0.2) is 29.1 Å². The van der Waals surface area contributed by atoms with Crippen LogP contribution in [0, 0.1) is 0 Å². The van der Waals surface area contributed by atoms with Gasteiger partial charge in [0.25, 0.3) is 0 Å². The molecule has 5 nitrogen and oxygen atoms in total. The van der Waals surface area contributed by atoms with Crippen molar-refractivity contribution < 1.29 is 14.3 Å². The Hall–Kier alpha value is -1.37. The molecular formula is C15H22N2O3S. The van der Waals surface area contributed by atoms with Crippen molar-refractivity contribution in [1.29, 1.82) is 0 Å². The van der Waals surface area contributed by atoms with Crippen LogP contribution in [0.4, 0.5) is 0 Å². The van der Waals surface area contributed by atoms with Crippen LogP contribution in [0.5, 0.6) is 0 Å². The lowest BCUT2D eigenvalue weighted by Crippen LogP contribution is -2.30. The van der Waals surface area contributed by atoms with E-state index in [1.807, 2.05) is 30.3 Å². The minimum atomic E-state index is -0.647. The molecule has 0 aliphatic carbocycles. The van der Waals surface area contributed by atoms with Gasteiger partial charge in [-0.2, -0.15) is 0 Å². The normalized spacial score (nSPS) is 13.5. The summed E-state index contributed by atoms with van der Waals surface area (Å²) in [5, 5.41) is -0.0977. The number of rotatable bonds is 8. The number of aryl methyl sites for hydroxylation is 1. The highest BCUT2D eigenvalue weighted by Crippen LogP contribution is 2.12. The zero-order chi connectivity index (χ0) is 15.7. The molecule has 0 fully saturated rings. The van der Waals surface area contributed by atoms with E-state index in [0.717, 1.165) is 6.42 Å². The summed E-state index contributed by atoms with van der Waals surface area (Å²) in [6.45, 7) is 1.57. The molecule has 6 heteroatoms. The third-order valence-corrected chi connectivity index (χ3v) is 3.75. The molecule has 1 unspecified atom stereocenters. The summed E-state index contributed by atoms with van der Waals surface area (Å²) in [6, 6.07) is 9.30. The highest BCUT2D eigenvalue weighted by Gasteiger charge is 2.16. The predicted octanol–water partition coefficient (Wildman–Crippen LogP) is 1.44. The summed E-state index contributed by atoms with van der Waals surface area (Å²) in [6.07, 6.45) is 0.567. The molecule has 0 aromatic heterocycles. The number of thioether (sulfide) groups is 1. The summed E-state index contributed by atoms with van der Waals surface area (Å²) < 4.78 is 4.78. The number of nitrogens with two attached hydrogens (primary N) is 2. The fourth-order valence-electron chi connectivity index (χ4n) is 1.68. The molecule has 1 rings (SSSR count). The average Bonchev–Trinajstić information content (AvgIpc) is 2.45. The minimum absolute atomic E-state index is 0.0977. The van der Waals surface area contributed by atoms with Gasteiger partial charge in [0.1, 0.15) is 6.23 Å². The molecule has 2 atom stereocenters. The summed E-state index contributed by atoms with van der Waals surface area (Å²) in [4.78, 5) is 23.1. The molecule has 0 radical (unpaired) electrons. The first kappa shape index (κ1) is 17.7. The molecule has 21 heavy (non-hydrogen) atoms. The van der Waals surface area contributed by atoms with Gasteiger partial charge >= 0.3 is 5.97 Å². The molecule has 0 heterocycles. The molecule has 0 aliphatic rings. The summed E-state index contributed by atoms with van der Waals surface area (Å²) in [5.41, 5.74) is 12.3. The van der Waals surface area contributed by atoms with Crippen molar-refractivity contribution >= 4 is 22.8 Å². The van der Waals surface area contributed by atoms with Crippen LogP contribution in [0.3, 0.4) is 0 Å². The van der Waals surface area contributed by atoms with Crippen molar-refractivity contribution in [2.45, 2.75) is 38.5 Å². The third kappa shape index (κ3) is 7.84. The first-order valence-electron chi connectivity index (χ1n) is 6.90. The van der Waals surface area contributed by atoms with Crippen molar-refractivity contribution in [2.24, 2.45) is 11.5 Å². The Balaban J connectivity index is 2.20. The van der Waals surface area contributed by atoms with Gasteiger partial charge in [0, 0.05) is 12.2 Å². The molecule has 4 N–H and O–H groups in total. The lowest BCUT2D eigenvalue weighted by atomic mass is 10.2. The van der Waals surface area contributed by atoms with Crippen molar-refractivity contribution in [1.82, 2.24) is 0 Å². The van der Waals surface area contributed by atoms with Gasteiger partial charge in [-0.3, -0.25) is 15.3 Å². The maximum Gasteiger partial charge on any atom is 0.307 e. The molecular weight excluding hydrogens is 288 g/mol. The number of ether oxygens (including phenoxy) is 1. The van der Waals surface area contributed by atoms with Gasteiger partial charge in [-0.15, -0.1) is 0 Å². The summed E-state index contributed by atoms with van der Waals surface area (Å²) in [7, 11) is 0. The standard InChI is InChI=1S/C15H22N2O3S/c1-11(16)20-14(18)8-7-13(17)15(19)21-10-9-12-5-3-2-4-6-12/h2-6,11,13H,7-10,16-17H2,1H3/t11?,13-/m0/s1. The van der Waals surface area contributed by atoms with Crippen molar-refractivity contribution in [2.75, 3.05) is 5.75 Å². The van der Waals surface area contributed by atoms with Crippen molar-refractivity contribution in [3.63, 3.8) is 0 Å². The van der Waals surface area contributed by atoms with Gasteiger partial charge in [-0.05, 0) is 25.3 Å². The Bertz CT molecular complexity index is 451. The topological polar surface area (TPSA) is 95.4 Å². The zero-order valence-corrected chi connectivity index (χ0v) is 13.0. The molecule has 1 aromatic carbocycles. The molecule has 116 valence electrons. The Morgan fingerprint density at radius 3 is 2.52 bits per heavy atom. The minimum Gasteiger partial charge on any atom is -0.447 e. The largest absolute Gasteiger partial charge is 0.447 e. The van der Waals surface area contributed by atoms with Crippen LogP contribution in [0.2, 0.25) is 0 Å². The summed E-state index contributed by atoms with van der Waals surface area (Å²) in [5.74, 6) is 0.253. The maximum absolute atomic E-state index is 11.8. The molecule has 0 saturated heterocycles. The smallest absolute Gasteiger partial charge is 0.307 e. The van der Waals surface area contributed by atoms with Gasteiger partial charge in [-0.1, -0.05) is 42.1 Å². The Kier molecular flexibility index (Phi) is 8.04. The average molecular weight is 310 g/mol. The first-order valence-corrected chi connectivity index (χ1v) is 7.89. The fraction of sp³-hybridized carbons (Fsp3) is 0.467. The number of benzene rings is 1. The molecule has 0 aliphatic heterocycles. The number of hydrogen-bond acceptors (Lipinski definition) is 6. The van der Waals surface area contributed by atoms with Gasteiger partial charge in [0.15, 0.2) is 0 Å². The lowest BCUT2D eigenvalue weighted by molar-refractivity contribution is -0.148. The lowest BCUT2D eigenvalue weighted by Gasteiger charge is -2.11. The number of carbonyl (C=O) groups is 2. The first-order chi connectivity index (χ1) is 9.99. The van der Waals surface area contributed by atoms with Crippen LogP contribution < -0.4 is 11.5 Å². The van der Waals surface area contributed by atoms with E-state index in [2.05, 4.69) is 0 Å². The van der Waals surface area contributed by atoms with Crippen LogP contribution >= 0.6 is 11.8 Å². The Morgan fingerprint density at radius 2 is 1.90 bits per heavy atom. The van der Waals surface area contributed by atoms with Crippen LogP contribution in [0.1, 0.15) is 25.3 Å². The number of esters is 1. The monoisotopic (exact) mass is 310 g/mol. The maximum atomic E-state index is 11.8. The van der Waals surface area contributed by atoms with E-state index < -0.39 is 18.2 Å². The predicted molar refractivity (Wildman–Crippen MR) is 84.6 cm³/mol. The number of carbonyl (C=O) groups excluding carboxylic acids is 2. The SMILES string of the molecule is CC(N)OC(=O)CC[C@H](N)C(=O)SCCc1ccccc1. The summed E-state index contributed by atoms with van der Waals surface area (Å²) >= 11 is 1.20.